The summed E-state index contributed by atoms with van der Waals surface area (Å²) >= 11 is 2.66. The first-order valence-electron chi connectivity index (χ1n) is 2.23. The molecule has 0 aliphatic rings. The number of carbonyl (C=O) groups is 1. The van der Waals surface area contributed by atoms with Crippen molar-refractivity contribution in [2.45, 2.75) is 17.8 Å². The van der Waals surface area contributed by atoms with Crippen molar-refractivity contribution >= 4 is 22.0 Å². The molecule has 0 spiro atoms. The van der Waals surface area contributed by atoms with Crippen molar-refractivity contribution in [2.75, 3.05) is 0 Å². The quantitative estimate of drug-likeness (QED) is 0.467. The van der Waals surface area contributed by atoms with Gasteiger partial charge in [-0.3, -0.25) is 0 Å². The molecule has 0 bridgehead atoms. The number of carboxylic acids is 1. The molecule has 0 aromatic carbocycles. The molecule has 0 aliphatic carbocycles. The van der Waals surface area contributed by atoms with E-state index in [9.17, 15) is 9.90 Å². The Hall–Kier alpha value is 0.949. The first-order valence-corrected chi connectivity index (χ1v) is 3.44. The van der Waals surface area contributed by atoms with Crippen LogP contribution in [-0.2, 0) is 4.79 Å². The summed E-state index contributed by atoms with van der Waals surface area (Å²) in [7, 11) is 0. The van der Waals surface area contributed by atoms with Gasteiger partial charge < -0.3 is 0 Å². The van der Waals surface area contributed by atoms with Gasteiger partial charge in [0.15, 0.2) is 0 Å². The van der Waals surface area contributed by atoms with E-state index in [0.717, 1.165) is 0 Å². The molecule has 47 valence electrons. The van der Waals surface area contributed by atoms with Gasteiger partial charge in [-0.2, -0.15) is 0 Å². The molecule has 0 heterocycles. The Balaban J connectivity index is 0. The smallest absolute Gasteiger partial charge is 1.00 e. The standard InChI is InChI=1S/C4H8NO2Se.Na/c5-3(1-2-8)4(6)7;/h3H,1-2,5H2,(H,6,7);/q;+1/p-1/t3-;/m0./s1. The van der Waals surface area contributed by atoms with Crippen LogP contribution in [0.1, 0.15) is 6.42 Å². The summed E-state index contributed by atoms with van der Waals surface area (Å²) in [6, 6.07) is -0.809. The average Bonchev–Trinajstić information content (AvgIpc) is 1.67. The Labute approximate surface area is 84.5 Å². The van der Waals surface area contributed by atoms with Gasteiger partial charge >= 0.3 is 85.0 Å². The van der Waals surface area contributed by atoms with Gasteiger partial charge in [-0.05, 0) is 0 Å². The van der Waals surface area contributed by atoms with E-state index in [4.69, 9.17) is 5.73 Å². The monoisotopic (exact) mass is 204 g/mol. The summed E-state index contributed by atoms with van der Waals surface area (Å²) in [5.74, 6) is -1.18. The molecule has 9 heavy (non-hydrogen) atoms. The van der Waals surface area contributed by atoms with Crippen molar-refractivity contribution in [1.82, 2.24) is 0 Å². The van der Waals surface area contributed by atoms with E-state index in [0.29, 0.717) is 11.7 Å². The van der Waals surface area contributed by atoms with Crippen LogP contribution >= 0.6 is 0 Å². The SMILES string of the molecule is N[C@@H](CC[Se])C(=O)[O-].[Na+]. The predicted molar refractivity (Wildman–Crippen MR) is 28.2 cm³/mol. The number of aliphatic carboxylic acids is 1. The number of hydrogen-bond acceptors (Lipinski definition) is 3. The van der Waals surface area contributed by atoms with Crippen molar-refractivity contribution in [3.8, 4) is 0 Å². The van der Waals surface area contributed by atoms with Crippen LogP contribution in [-0.4, -0.2) is 28.0 Å². The Bertz CT molecular complexity index is 90.6. The van der Waals surface area contributed by atoms with Crippen LogP contribution in [0.2, 0.25) is 5.32 Å². The second-order valence-corrected chi connectivity index (χ2v) is 2.27. The molecule has 0 saturated heterocycles. The molecule has 0 aliphatic heterocycles. The van der Waals surface area contributed by atoms with Crippen molar-refractivity contribution in [3.05, 3.63) is 0 Å². The van der Waals surface area contributed by atoms with E-state index in [1.807, 2.05) is 0 Å². The van der Waals surface area contributed by atoms with E-state index in [1.165, 1.54) is 0 Å². The van der Waals surface area contributed by atoms with Crippen LogP contribution in [0.5, 0.6) is 0 Å². The summed E-state index contributed by atoms with van der Waals surface area (Å²) in [6.07, 6.45) is 0.447. The van der Waals surface area contributed by atoms with Crippen molar-refractivity contribution in [2.24, 2.45) is 5.73 Å². The van der Waals surface area contributed by atoms with Gasteiger partial charge in [0.2, 0.25) is 0 Å². The number of carbonyl (C=O) groups excluding carboxylic acids is 1. The minimum Gasteiger partial charge on any atom is 1.00 e. The molecule has 0 unspecified atom stereocenters. The first-order chi connectivity index (χ1) is 3.68. The van der Waals surface area contributed by atoms with Crippen LogP contribution in [0, 0.1) is 0 Å². The van der Waals surface area contributed by atoms with E-state index in [2.05, 4.69) is 16.0 Å². The van der Waals surface area contributed by atoms with Gasteiger partial charge in [0.05, 0.1) is 0 Å². The van der Waals surface area contributed by atoms with Crippen molar-refractivity contribution in [3.63, 3.8) is 0 Å². The fraction of sp³-hybridized carbons (Fsp3) is 0.750. The zero-order valence-corrected chi connectivity index (χ0v) is 9.01. The molecular weight excluding hydrogens is 196 g/mol. The maximum Gasteiger partial charge on any atom is 1.00 e. The van der Waals surface area contributed by atoms with Crippen LogP contribution < -0.4 is 40.4 Å². The Morgan fingerprint density at radius 2 is 2.22 bits per heavy atom. The second kappa shape index (κ2) is 7.06. The van der Waals surface area contributed by atoms with Crippen LogP contribution in [0.15, 0.2) is 0 Å². The van der Waals surface area contributed by atoms with Crippen LogP contribution in [0.25, 0.3) is 0 Å². The van der Waals surface area contributed by atoms with E-state index >= 15 is 0 Å². The molecule has 0 aromatic heterocycles. The third kappa shape index (κ3) is 6.84. The zero-order valence-electron chi connectivity index (χ0n) is 5.29. The second-order valence-electron chi connectivity index (χ2n) is 1.42. The molecule has 5 heteroatoms. The molecule has 2 N–H and O–H groups in total. The van der Waals surface area contributed by atoms with E-state index < -0.39 is 12.0 Å². The predicted octanol–water partition coefficient (Wildman–Crippen LogP) is -4.96. The summed E-state index contributed by atoms with van der Waals surface area (Å²) in [5.41, 5.74) is 5.04. The topological polar surface area (TPSA) is 66.2 Å². The van der Waals surface area contributed by atoms with Gasteiger partial charge in [-0.25, -0.2) is 0 Å². The number of nitrogens with two attached hydrogens (primary N) is 1. The summed E-state index contributed by atoms with van der Waals surface area (Å²) in [6.45, 7) is 0. The molecule has 0 aromatic rings. The van der Waals surface area contributed by atoms with E-state index in [1.54, 1.807) is 0 Å². The number of carboxylic acid groups (broad SMARTS) is 1. The van der Waals surface area contributed by atoms with Crippen LogP contribution in [0.4, 0.5) is 0 Å². The van der Waals surface area contributed by atoms with Gasteiger partial charge in [-0.15, -0.1) is 0 Å². The summed E-state index contributed by atoms with van der Waals surface area (Å²) in [4.78, 5) is 9.84. The van der Waals surface area contributed by atoms with Gasteiger partial charge in [-0.1, -0.05) is 0 Å². The van der Waals surface area contributed by atoms with Crippen molar-refractivity contribution < 1.29 is 39.5 Å². The van der Waals surface area contributed by atoms with E-state index in [-0.39, 0.29) is 29.6 Å². The Morgan fingerprint density at radius 3 is 2.33 bits per heavy atom. The molecule has 1 atom stereocenters. The molecule has 0 amide bonds. The fourth-order valence-electron chi connectivity index (χ4n) is 0.245. The van der Waals surface area contributed by atoms with Gasteiger partial charge in [0.1, 0.15) is 0 Å². The molecule has 1 radical (unpaired) electrons. The van der Waals surface area contributed by atoms with Gasteiger partial charge in [0, 0.05) is 0 Å². The van der Waals surface area contributed by atoms with Crippen molar-refractivity contribution in [1.29, 1.82) is 0 Å². The Kier molecular flexibility index (Phi) is 9.89. The summed E-state index contributed by atoms with van der Waals surface area (Å²) < 4.78 is 0. The first kappa shape index (κ1) is 12.6. The molecule has 0 saturated carbocycles. The number of rotatable bonds is 3. The maximum atomic E-state index is 9.84. The minimum atomic E-state index is -1.18. The zero-order chi connectivity index (χ0) is 6.57. The molecule has 0 fully saturated rings. The Morgan fingerprint density at radius 1 is 1.78 bits per heavy atom. The maximum absolute atomic E-state index is 9.84. The van der Waals surface area contributed by atoms with Crippen LogP contribution in [0.3, 0.4) is 0 Å². The molecule has 0 rings (SSSR count). The normalized spacial score (nSPS) is 11.8. The third-order valence-corrected chi connectivity index (χ3v) is 1.23. The minimum absolute atomic E-state index is 0. The summed E-state index contributed by atoms with van der Waals surface area (Å²) in [5, 5.41) is 10.5. The molecular formula is C4H7NNaO2Se. The third-order valence-electron chi connectivity index (χ3n) is 0.732. The number of hydrogen-bond donors (Lipinski definition) is 1. The largest absolute Gasteiger partial charge is 1.00 e. The molecule has 3 nitrogen and oxygen atoms in total. The van der Waals surface area contributed by atoms with Gasteiger partial charge in [0.25, 0.3) is 0 Å². The fourth-order valence-corrected chi connectivity index (χ4v) is 0.778. The average molecular weight is 203 g/mol.